The second-order valence-corrected chi connectivity index (χ2v) is 23.4. The molecule has 4 saturated heterocycles. The van der Waals surface area contributed by atoms with E-state index >= 15 is 0 Å². The second-order valence-electron chi connectivity index (χ2n) is 23.4. The topological polar surface area (TPSA) is 97.4 Å². The molecule has 0 radical (unpaired) electrons. The smallest absolute Gasteiger partial charge is 0.434 e. The molecule has 4 rings (SSSR count). The molecule has 0 aromatic heterocycles. The van der Waals surface area contributed by atoms with Gasteiger partial charge in [0.05, 0.1) is 50.5 Å². The van der Waals surface area contributed by atoms with Gasteiger partial charge in [0.1, 0.15) is 13.2 Å². The SMILES string of the molecule is CCCCCCCCCCCON1C(C)(C)CC2(CC1(C)C)OCC(CC)(COC(=O)OCC1(CC)COC3(CC(C)(C)N(OCCCCCCCCCCC)C(C)(C)C3)OC1)CO2. The summed E-state index contributed by atoms with van der Waals surface area (Å²) in [6.45, 7) is 30.1. The van der Waals surface area contributed by atoms with Crippen LogP contribution in [0.4, 0.5) is 4.79 Å². The third kappa shape index (κ3) is 16.0. The molecule has 4 fully saturated rings. The number of carbonyl (C=O) groups is 1. The lowest BCUT2D eigenvalue weighted by molar-refractivity contribution is -0.384. The Bertz CT molecular complexity index is 1200. The van der Waals surface area contributed by atoms with E-state index in [9.17, 15) is 4.79 Å². The van der Waals surface area contributed by atoms with E-state index in [1.54, 1.807) is 0 Å². The van der Waals surface area contributed by atoms with Crippen molar-refractivity contribution in [2.45, 2.75) is 271 Å². The zero-order chi connectivity index (χ0) is 47.0. The fourth-order valence-corrected chi connectivity index (χ4v) is 11.5. The number of hydrogen-bond donors (Lipinski definition) is 0. The zero-order valence-electron chi connectivity index (χ0n) is 43.7. The summed E-state index contributed by atoms with van der Waals surface area (Å²) in [6.07, 6.45) is 26.9. The highest BCUT2D eigenvalue weighted by Gasteiger charge is 2.59. The number of hydrogen-bond acceptors (Lipinski definition) is 11. The quantitative estimate of drug-likeness (QED) is 0.0554. The van der Waals surface area contributed by atoms with Gasteiger partial charge in [-0.3, -0.25) is 9.68 Å². The Labute approximate surface area is 392 Å². The maximum atomic E-state index is 13.2. The fourth-order valence-electron chi connectivity index (χ4n) is 11.5. The van der Waals surface area contributed by atoms with E-state index < -0.39 is 28.6 Å². The molecule has 4 aliphatic heterocycles. The van der Waals surface area contributed by atoms with Gasteiger partial charge in [-0.05, 0) is 81.1 Å². The van der Waals surface area contributed by atoms with Crippen molar-refractivity contribution >= 4 is 6.16 Å². The molecule has 0 aromatic carbocycles. The van der Waals surface area contributed by atoms with Crippen molar-refractivity contribution in [3.8, 4) is 0 Å². The number of hydroxylamine groups is 4. The van der Waals surface area contributed by atoms with Crippen LogP contribution in [0.25, 0.3) is 0 Å². The summed E-state index contributed by atoms with van der Waals surface area (Å²) in [4.78, 5) is 26.3. The number of unbranched alkanes of at least 4 members (excludes halogenated alkanes) is 16. The van der Waals surface area contributed by atoms with Crippen molar-refractivity contribution in [3.63, 3.8) is 0 Å². The molecule has 11 heteroatoms. The Morgan fingerprint density at radius 3 is 0.953 bits per heavy atom. The molecular weight excluding hydrogens is 809 g/mol. The van der Waals surface area contributed by atoms with E-state index in [0.29, 0.717) is 52.1 Å². The third-order valence-corrected chi connectivity index (χ3v) is 15.0. The van der Waals surface area contributed by atoms with Crippen molar-refractivity contribution < 1.29 is 42.9 Å². The molecule has 11 nitrogen and oxygen atoms in total. The molecule has 0 amide bonds. The highest BCUT2D eigenvalue weighted by molar-refractivity contribution is 5.60. The Morgan fingerprint density at radius 1 is 0.422 bits per heavy atom. The summed E-state index contributed by atoms with van der Waals surface area (Å²) in [6, 6.07) is 0. The van der Waals surface area contributed by atoms with Crippen LogP contribution in [-0.2, 0) is 38.1 Å². The second kappa shape index (κ2) is 25.0. The summed E-state index contributed by atoms with van der Waals surface area (Å²) in [7, 11) is 0. The zero-order valence-corrected chi connectivity index (χ0v) is 43.7. The maximum Gasteiger partial charge on any atom is 0.508 e. The number of nitrogens with zero attached hydrogens (tertiary/aromatic N) is 2. The average Bonchev–Trinajstić information content (AvgIpc) is 3.23. The average molecular weight is 909 g/mol. The first kappa shape index (κ1) is 55.5. The molecular formula is C53H100N2O9. The Balaban J connectivity index is 1.18. The molecule has 64 heavy (non-hydrogen) atoms. The predicted molar refractivity (Wildman–Crippen MR) is 257 cm³/mol. The lowest BCUT2D eigenvalue weighted by atomic mass is 9.76. The van der Waals surface area contributed by atoms with Gasteiger partial charge in [-0.1, -0.05) is 130 Å². The van der Waals surface area contributed by atoms with Crippen LogP contribution >= 0.6 is 0 Å². The Hall–Kier alpha value is -1.05. The summed E-state index contributed by atoms with van der Waals surface area (Å²) < 4.78 is 38.5. The maximum absolute atomic E-state index is 13.2. The van der Waals surface area contributed by atoms with Gasteiger partial charge in [-0.15, -0.1) is 0 Å². The van der Waals surface area contributed by atoms with E-state index in [2.05, 4.69) is 93.2 Å². The van der Waals surface area contributed by atoms with Gasteiger partial charge in [-0.25, -0.2) is 4.79 Å². The molecule has 4 heterocycles. The minimum absolute atomic E-state index is 0.163. The minimum atomic E-state index is -0.726. The van der Waals surface area contributed by atoms with Gasteiger partial charge in [0.25, 0.3) is 0 Å². The number of piperidine rings is 2. The fraction of sp³-hybridized carbons (Fsp3) is 0.981. The Kier molecular flexibility index (Phi) is 21.7. The highest BCUT2D eigenvalue weighted by Crippen LogP contribution is 2.51. The van der Waals surface area contributed by atoms with Crippen LogP contribution < -0.4 is 0 Å². The van der Waals surface area contributed by atoms with Crippen LogP contribution in [0.5, 0.6) is 0 Å². The van der Waals surface area contributed by atoms with Crippen LogP contribution in [-0.4, -0.2) is 103 Å². The molecule has 0 unspecified atom stereocenters. The minimum Gasteiger partial charge on any atom is -0.434 e. The lowest BCUT2D eigenvalue weighted by Crippen LogP contribution is -2.68. The van der Waals surface area contributed by atoms with E-state index in [1.165, 1.54) is 103 Å². The van der Waals surface area contributed by atoms with Crippen LogP contribution in [0.2, 0.25) is 0 Å². The van der Waals surface area contributed by atoms with Crippen LogP contribution in [0.1, 0.15) is 237 Å². The number of ether oxygens (including phenoxy) is 6. The first-order chi connectivity index (χ1) is 30.3. The van der Waals surface area contributed by atoms with E-state index in [0.717, 1.165) is 38.9 Å². The van der Waals surface area contributed by atoms with Crippen LogP contribution in [0, 0.1) is 10.8 Å². The predicted octanol–water partition coefficient (Wildman–Crippen LogP) is 13.6. The van der Waals surface area contributed by atoms with Gasteiger partial charge < -0.3 is 28.4 Å². The number of rotatable bonds is 28. The van der Waals surface area contributed by atoms with E-state index in [-0.39, 0.29) is 35.4 Å². The normalized spacial score (nSPS) is 24.2. The van der Waals surface area contributed by atoms with Crippen molar-refractivity contribution in [2.75, 3.05) is 52.9 Å². The Morgan fingerprint density at radius 2 is 0.688 bits per heavy atom. The van der Waals surface area contributed by atoms with Gasteiger partial charge >= 0.3 is 6.16 Å². The van der Waals surface area contributed by atoms with Gasteiger partial charge in [-0.2, -0.15) is 10.1 Å². The van der Waals surface area contributed by atoms with Crippen LogP contribution in [0.15, 0.2) is 0 Å². The molecule has 0 aromatic rings. The van der Waals surface area contributed by atoms with E-state index in [1.807, 2.05) is 0 Å². The molecule has 376 valence electrons. The molecule has 0 bridgehead atoms. The molecule has 2 spiro atoms. The summed E-state index contributed by atoms with van der Waals surface area (Å²) >= 11 is 0. The van der Waals surface area contributed by atoms with Crippen LogP contribution in [0.3, 0.4) is 0 Å². The number of carbonyl (C=O) groups excluding carboxylic acids is 1. The van der Waals surface area contributed by atoms with Gasteiger partial charge in [0.2, 0.25) is 0 Å². The highest BCUT2D eigenvalue weighted by atomic mass is 16.7. The summed E-state index contributed by atoms with van der Waals surface area (Å²) in [5.74, 6) is -1.45. The molecule has 0 N–H and O–H groups in total. The first-order valence-electron chi connectivity index (χ1n) is 26.5. The van der Waals surface area contributed by atoms with Gasteiger partial charge in [0, 0.05) is 47.8 Å². The van der Waals surface area contributed by atoms with E-state index in [4.69, 9.17) is 38.1 Å². The summed E-state index contributed by atoms with van der Waals surface area (Å²) in [5.41, 5.74) is -2.09. The van der Waals surface area contributed by atoms with Gasteiger partial charge in [0.15, 0.2) is 11.6 Å². The van der Waals surface area contributed by atoms with Crippen molar-refractivity contribution in [1.82, 2.24) is 10.1 Å². The van der Waals surface area contributed by atoms with Crippen molar-refractivity contribution in [2.24, 2.45) is 10.8 Å². The first-order valence-corrected chi connectivity index (χ1v) is 26.5. The standard InChI is InChI=1S/C53H100N2O9/c1-13-17-19-21-23-25-27-29-31-33-63-54-46(5,6)35-52(36-47(54,7)8)59-41-50(15-3,42-60-52)39-57-45(56)58-40-51(16-4)43-61-53(62-44-51)37-48(9,10)55(49(11,12)38-53)64-34-32-30-28-26-24-22-20-18-14-2/h13-44H2,1-12H3. The summed E-state index contributed by atoms with van der Waals surface area (Å²) in [5, 5.41) is 4.41. The molecule has 0 aliphatic carbocycles. The monoisotopic (exact) mass is 909 g/mol. The lowest BCUT2D eigenvalue weighted by Gasteiger charge is -2.59. The molecule has 0 saturated carbocycles. The third-order valence-electron chi connectivity index (χ3n) is 15.0. The molecule has 0 atom stereocenters. The largest absolute Gasteiger partial charge is 0.508 e. The van der Waals surface area contributed by atoms with Crippen molar-refractivity contribution in [1.29, 1.82) is 0 Å². The molecule has 4 aliphatic rings. The van der Waals surface area contributed by atoms with Crippen molar-refractivity contribution in [3.05, 3.63) is 0 Å².